The van der Waals surface area contributed by atoms with Crippen molar-refractivity contribution in [3.05, 3.63) is 46.7 Å². The lowest BCUT2D eigenvalue weighted by Crippen LogP contribution is -2.52. The first-order chi connectivity index (χ1) is 11.8. The molecule has 0 bridgehead atoms. The molecular formula is C18H25IN4OS. The van der Waals surface area contributed by atoms with Gasteiger partial charge in [0.2, 0.25) is 0 Å². The van der Waals surface area contributed by atoms with Gasteiger partial charge in [-0.15, -0.1) is 24.0 Å². The minimum absolute atomic E-state index is 0. The Bertz CT molecular complexity index is 652. The Labute approximate surface area is 170 Å². The van der Waals surface area contributed by atoms with Crippen LogP contribution in [0.25, 0.3) is 0 Å². The van der Waals surface area contributed by atoms with E-state index in [1.165, 1.54) is 11.3 Å². The Morgan fingerprint density at radius 1 is 1.16 bits per heavy atom. The monoisotopic (exact) mass is 472 g/mol. The van der Waals surface area contributed by atoms with Crippen molar-refractivity contribution in [1.29, 1.82) is 0 Å². The van der Waals surface area contributed by atoms with Crippen molar-refractivity contribution in [2.45, 2.75) is 6.54 Å². The minimum Gasteiger partial charge on any atom is -0.497 e. The number of ether oxygens (including phenoxy) is 1. The van der Waals surface area contributed by atoms with E-state index in [-0.39, 0.29) is 24.0 Å². The molecule has 3 rings (SSSR count). The first-order valence-corrected chi connectivity index (χ1v) is 9.10. The van der Waals surface area contributed by atoms with Crippen LogP contribution < -0.4 is 15.0 Å². The molecular weight excluding hydrogens is 447 g/mol. The molecule has 0 atom stereocenters. The van der Waals surface area contributed by atoms with Crippen molar-refractivity contribution in [3.8, 4) is 5.75 Å². The van der Waals surface area contributed by atoms with Gasteiger partial charge in [-0.3, -0.25) is 4.99 Å². The Kier molecular flexibility index (Phi) is 7.83. The zero-order valence-electron chi connectivity index (χ0n) is 14.6. The molecule has 25 heavy (non-hydrogen) atoms. The number of anilines is 1. The summed E-state index contributed by atoms with van der Waals surface area (Å²) in [5.74, 6) is 1.88. The molecule has 7 heteroatoms. The summed E-state index contributed by atoms with van der Waals surface area (Å²) >= 11 is 1.73. The van der Waals surface area contributed by atoms with Gasteiger partial charge in [0.1, 0.15) is 5.75 Å². The molecule has 1 aliphatic rings. The Hall–Kier alpha value is -1.48. The summed E-state index contributed by atoms with van der Waals surface area (Å²) in [4.78, 5) is 9.16. The molecule has 2 heterocycles. The normalized spacial score (nSPS) is 14.9. The number of nitrogens with zero attached hydrogens (tertiary/aromatic N) is 3. The lowest BCUT2D eigenvalue weighted by Gasteiger charge is -2.37. The van der Waals surface area contributed by atoms with Crippen LogP contribution in [0.1, 0.15) is 5.56 Å². The van der Waals surface area contributed by atoms with Gasteiger partial charge in [-0.25, -0.2) is 0 Å². The predicted molar refractivity (Wildman–Crippen MR) is 117 cm³/mol. The van der Waals surface area contributed by atoms with E-state index in [0.29, 0.717) is 0 Å². The standard InChI is InChI=1S/C18H24N4OS.HI/c1-19-18(20-13-15-7-12-24-14-15)22-10-8-21(9-11-22)16-3-5-17(23-2)6-4-16;/h3-7,12,14H,8-11,13H2,1-2H3,(H,19,20);1H. The molecule has 0 aliphatic carbocycles. The van der Waals surface area contributed by atoms with Crippen molar-refractivity contribution in [2.24, 2.45) is 4.99 Å². The molecule has 0 amide bonds. The molecule has 2 aromatic rings. The number of aliphatic imine (C=N–C) groups is 1. The molecule has 136 valence electrons. The van der Waals surface area contributed by atoms with Gasteiger partial charge in [0.15, 0.2) is 5.96 Å². The molecule has 1 N–H and O–H groups in total. The maximum absolute atomic E-state index is 5.23. The molecule has 1 fully saturated rings. The quantitative estimate of drug-likeness (QED) is 0.422. The molecule has 0 unspecified atom stereocenters. The van der Waals surface area contributed by atoms with E-state index in [9.17, 15) is 0 Å². The Balaban J connectivity index is 0.00000225. The van der Waals surface area contributed by atoms with E-state index < -0.39 is 0 Å². The third-order valence-electron chi connectivity index (χ3n) is 4.26. The SMILES string of the molecule is CN=C(NCc1ccsc1)N1CCN(c2ccc(OC)cc2)CC1.I. The van der Waals surface area contributed by atoms with Crippen LogP contribution in [0.15, 0.2) is 46.1 Å². The molecule has 1 saturated heterocycles. The molecule has 1 aliphatic heterocycles. The smallest absolute Gasteiger partial charge is 0.194 e. The van der Waals surface area contributed by atoms with Gasteiger partial charge in [-0.2, -0.15) is 11.3 Å². The van der Waals surface area contributed by atoms with Crippen LogP contribution in [0.5, 0.6) is 5.75 Å². The number of hydrogen-bond acceptors (Lipinski definition) is 4. The molecule has 0 radical (unpaired) electrons. The van der Waals surface area contributed by atoms with Gasteiger partial charge >= 0.3 is 0 Å². The fraction of sp³-hybridized carbons (Fsp3) is 0.389. The van der Waals surface area contributed by atoms with E-state index in [4.69, 9.17) is 4.74 Å². The van der Waals surface area contributed by atoms with Gasteiger partial charge < -0.3 is 19.9 Å². The highest BCUT2D eigenvalue weighted by Crippen LogP contribution is 2.20. The van der Waals surface area contributed by atoms with E-state index >= 15 is 0 Å². The maximum atomic E-state index is 5.23. The average molecular weight is 472 g/mol. The summed E-state index contributed by atoms with van der Waals surface area (Å²) in [6.45, 7) is 4.75. The van der Waals surface area contributed by atoms with Crippen LogP contribution in [0.3, 0.4) is 0 Å². The summed E-state index contributed by atoms with van der Waals surface area (Å²) in [5, 5.41) is 7.73. The lowest BCUT2D eigenvalue weighted by molar-refractivity contribution is 0.372. The summed E-state index contributed by atoms with van der Waals surface area (Å²) < 4.78 is 5.23. The molecule has 0 saturated carbocycles. The number of methoxy groups -OCH3 is 1. The van der Waals surface area contributed by atoms with E-state index in [2.05, 4.69) is 49.1 Å². The van der Waals surface area contributed by atoms with E-state index in [1.54, 1.807) is 18.4 Å². The number of halogens is 1. The summed E-state index contributed by atoms with van der Waals surface area (Å²) in [7, 11) is 3.55. The van der Waals surface area contributed by atoms with Crippen LogP contribution in [0.4, 0.5) is 5.69 Å². The number of rotatable bonds is 4. The molecule has 5 nitrogen and oxygen atoms in total. The highest BCUT2D eigenvalue weighted by molar-refractivity contribution is 14.0. The van der Waals surface area contributed by atoms with Crippen LogP contribution in [0, 0.1) is 0 Å². The molecule has 0 spiro atoms. The second-order valence-corrected chi connectivity index (χ2v) is 6.48. The van der Waals surface area contributed by atoms with Gasteiger partial charge in [0.05, 0.1) is 7.11 Å². The molecule has 1 aromatic heterocycles. The predicted octanol–water partition coefficient (Wildman–Crippen LogP) is 3.27. The first-order valence-electron chi connectivity index (χ1n) is 8.16. The van der Waals surface area contributed by atoms with Crippen molar-refractivity contribution < 1.29 is 4.74 Å². The lowest BCUT2D eigenvalue weighted by atomic mass is 10.2. The number of thiophene rings is 1. The summed E-state index contributed by atoms with van der Waals surface area (Å²) in [5.41, 5.74) is 2.55. The van der Waals surface area contributed by atoms with E-state index in [0.717, 1.165) is 44.4 Å². The fourth-order valence-corrected chi connectivity index (χ4v) is 3.54. The number of guanidine groups is 1. The Morgan fingerprint density at radius 3 is 2.44 bits per heavy atom. The third-order valence-corrected chi connectivity index (χ3v) is 4.99. The van der Waals surface area contributed by atoms with Gasteiger partial charge in [0, 0.05) is 45.5 Å². The maximum Gasteiger partial charge on any atom is 0.194 e. The van der Waals surface area contributed by atoms with E-state index in [1.807, 2.05) is 19.2 Å². The number of benzene rings is 1. The van der Waals surface area contributed by atoms with Crippen molar-refractivity contribution >= 4 is 47.0 Å². The third kappa shape index (κ3) is 5.24. The van der Waals surface area contributed by atoms with Crippen LogP contribution in [0.2, 0.25) is 0 Å². The molecule has 1 aromatic carbocycles. The summed E-state index contributed by atoms with van der Waals surface area (Å²) in [6.07, 6.45) is 0. The Morgan fingerprint density at radius 2 is 1.88 bits per heavy atom. The van der Waals surface area contributed by atoms with Gasteiger partial charge in [0.25, 0.3) is 0 Å². The van der Waals surface area contributed by atoms with Crippen LogP contribution >= 0.6 is 35.3 Å². The van der Waals surface area contributed by atoms with Gasteiger partial charge in [-0.05, 0) is 46.7 Å². The fourth-order valence-electron chi connectivity index (χ4n) is 2.88. The second kappa shape index (κ2) is 9.86. The highest BCUT2D eigenvalue weighted by atomic mass is 127. The van der Waals surface area contributed by atoms with Crippen molar-refractivity contribution in [3.63, 3.8) is 0 Å². The number of piperazine rings is 1. The topological polar surface area (TPSA) is 40.1 Å². The van der Waals surface area contributed by atoms with Crippen LogP contribution in [-0.4, -0.2) is 51.2 Å². The average Bonchev–Trinajstić information content (AvgIpc) is 3.16. The number of nitrogens with one attached hydrogen (secondary N) is 1. The first kappa shape index (κ1) is 19.8. The van der Waals surface area contributed by atoms with Crippen molar-refractivity contribution in [1.82, 2.24) is 10.2 Å². The van der Waals surface area contributed by atoms with Crippen LogP contribution in [-0.2, 0) is 6.54 Å². The number of hydrogen-bond donors (Lipinski definition) is 1. The highest BCUT2D eigenvalue weighted by Gasteiger charge is 2.19. The minimum atomic E-state index is 0. The van der Waals surface area contributed by atoms with Crippen molar-refractivity contribution in [2.75, 3.05) is 45.2 Å². The summed E-state index contributed by atoms with van der Waals surface area (Å²) in [6, 6.07) is 10.4. The van der Waals surface area contributed by atoms with Gasteiger partial charge in [-0.1, -0.05) is 0 Å². The second-order valence-electron chi connectivity index (χ2n) is 5.70. The largest absolute Gasteiger partial charge is 0.497 e. The zero-order chi connectivity index (χ0) is 16.8. The zero-order valence-corrected chi connectivity index (χ0v) is 17.8.